The van der Waals surface area contributed by atoms with E-state index in [-0.39, 0.29) is 15.5 Å². The van der Waals surface area contributed by atoms with Gasteiger partial charge in [0.1, 0.15) is 0 Å². The van der Waals surface area contributed by atoms with Gasteiger partial charge in [-0.15, -0.1) is 0 Å². The highest BCUT2D eigenvalue weighted by Crippen LogP contribution is 2.47. The minimum absolute atomic E-state index is 0.0274. The molecule has 166 valence electrons. The topological polar surface area (TPSA) is 84.9 Å². The maximum absolute atomic E-state index is 12.9. The van der Waals surface area contributed by atoms with Crippen LogP contribution in [0.4, 0.5) is 5.69 Å². The first-order valence-electron chi connectivity index (χ1n) is 10.4. The van der Waals surface area contributed by atoms with E-state index in [4.69, 9.17) is 21.1 Å². The molecule has 1 fully saturated rings. The zero-order valence-corrected chi connectivity index (χ0v) is 19.1. The molecule has 0 unspecified atom stereocenters. The number of amides is 1. The standard InChI is InChI=1S/C22H25ClN2O5S/c1-3-25(4-2)31(27,28)16-8-9-18(23)17(14-16)21(26)24-15-7-10-19-20(13-15)30-22(29-19)11-5-6-12-22/h7-10,13-14H,3-6,11-12H2,1-2H3,(H,24,26). The molecule has 1 saturated carbocycles. The highest BCUT2D eigenvalue weighted by molar-refractivity contribution is 7.89. The van der Waals surface area contributed by atoms with E-state index in [0.717, 1.165) is 25.7 Å². The average molecular weight is 465 g/mol. The normalized spacial score (nSPS) is 16.8. The summed E-state index contributed by atoms with van der Waals surface area (Å²) in [5.74, 6) is 0.159. The molecule has 31 heavy (non-hydrogen) atoms. The largest absolute Gasteiger partial charge is 0.448 e. The first kappa shape index (κ1) is 21.9. The van der Waals surface area contributed by atoms with Crippen LogP contribution in [0, 0.1) is 0 Å². The number of rotatable bonds is 6. The minimum atomic E-state index is -3.71. The predicted octanol–water partition coefficient (Wildman–Crippen LogP) is 4.66. The fourth-order valence-corrected chi connectivity index (χ4v) is 5.73. The van der Waals surface area contributed by atoms with Crippen LogP contribution in [0.3, 0.4) is 0 Å². The Kier molecular flexibility index (Phi) is 5.89. The van der Waals surface area contributed by atoms with Crippen LogP contribution < -0.4 is 14.8 Å². The zero-order valence-electron chi connectivity index (χ0n) is 17.5. The fraction of sp³-hybridized carbons (Fsp3) is 0.409. The summed E-state index contributed by atoms with van der Waals surface area (Å²) in [5, 5.41) is 2.94. The molecule has 2 aromatic rings. The molecule has 0 saturated heterocycles. The number of ether oxygens (including phenoxy) is 2. The number of carbonyl (C=O) groups is 1. The van der Waals surface area contributed by atoms with Crippen molar-refractivity contribution in [2.45, 2.75) is 50.2 Å². The van der Waals surface area contributed by atoms with Crippen LogP contribution in [0.15, 0.2) is 41.3 Å². The molecule has 0 bridgehead atoms. The van der Waals surface area contributed by atoms with Gasteiger partial charge in [0.25, 0.3) is 11.7 Å². The second-order valence-corrected chi connectivity index (χ2v) is 10.0. The second kappa shape index (κ2) is 8.33. The van der Waals surface area contributed by atoms with Gasteiger partial charge in [0.15, 0.2) is 11.5 Å². The lowest BCUT2D eigenvalue weighted by molar-refractivity contribution is -0.0716. The SMILES string of the molecule is CCN(CC)S(=O)(=O)c1ccc(Cl)c(C(=O)Nc2ccc3c(c2)OC2(CCCC2)O3)c1. The molecule has 0 radical (unpaired) electrons. The van der Waals surface area contributed by atoms with Gasteiger partial charge in [-0.05, 0) is 43.2 Å². The summed E-state index contributed by atoms with van der Waals surface area (Å²) in [4.78, 5) is 12.9. The highest BCUT2D eigenvalue weighted by atomic mass is 35.5. The van der Waals surface area contributed by atoms with E-state index < -0.39 is 21.7 Å². The van der Waals surface area contributed by atoms with Crippen molar-refractivity contribution in [2.24, 2.45) is 0 Å². The Morgan fingerprint density at radius 3 is 2.42 bits per heavy atom. The summed E-state index contributed by atoms with van der Waals surface area (Å²) in [5.41, 5.74) is 0.593. The first-order valence-corrected chi connectivity index (χ1v) is 12.2. The third-order valence-electron chi connectivity index (χ3n) is 5.68. The third kappa shape index (κ3) is 4.12. The van der Waals surface area contributed by atoms with Gasteiger partial charge >= 0.3 is 0 Å². The number of benzene rings is 2. The van der Waals surface area contributed by atoms with Crippen molar-refractivity contribution in [3.63, 3.8) is 0 Å². The van der Waals surface area contributed by atoms with Crippen LogP contribution in [-0.4, -0.2) is 37.5 Å². The molecule has 1 heterocycles. The Bertz CT molecular complexity index is 1110. The molecule has 0 aromatic heterocycles. The number of hydrogen-bond acceptors (Lipinski definition) is 5. The van der Waals surface area contributed by atoms with E-state index in [0.29, 0.717) is 30.3 Å². The summed E-state index contributed by atoms with van der Waals surface area (Å²) in [6, 6.07) is 9.35. The maximum atomic E-state index is 12.9. The van der Waals surface area contributed by atoms with Crippen LogP contribution in [0.2, 0.25) is 5.02 Å². The lowest BCUT2D eigenvalue weighted by atomic mass is 10.2. The summed E-state index contributed by atoms with van der Waals surface area (Å²) in [7, 11) is -3.71. The van der Waals surface area contributed by atoms with Crippen molar-refractivity contribution in [1.82, 2.24) is 4.31 Å². The van der Waals surface area contributed by atoms with E-state index in [1.54, 1.807) is 32.0 Å². The van der Waals surface area contributed by atoms with Crippen LogP contribution in [-0.2, 0) is 10.0 Å². The lowest BCUT2D eigenvalue weighted by Gasteiger charge is -2.21. The van der Waals surface area contributed by atoms with E-state index in [2.05, 4.69) is 5.32 Å². The molecule has 1 aliphatic heterocycles. The van der Waals surface area contributed by atoms with Crippen LogP contribution in [0.25, 0.3) is 0 Å². The van der Waals surface area contributed by atoms with Gasteiger partial charge in [0, 0.05) is 37.7 Å². The van der Waals surface area contributed by atoms with E-state index in [1.807, 2.05) is 0 Å². The molecule has 2 aliphatic rings. The monoisotopic (exact) mass is 464 g/mol. The molecule has 1 amide bonds. The molecule has 1 aliphatic carbocycles. The van der Waals surface area contributed by atoms with E-state index in [9.17, 15) is 13.2 Å². The van der Waals surface area contributed by atoms with Crippen molar-refractivity contribution in [3.05, 3.63) is 47.0 Å². The van der Waals surface area contributed by atoms with Crippen molar-refractivity contribution < 1.29 is 22.7 Å². The van der Waals surface area contributed by atoms with Crippen molar-refractivity contribution in [3.8, 4) is 11.5 Å². The van der Waals surface area contributed by atoms with Gasteiger partial charge in [0.05, 0.1) is 15.5 Å². The number of carbonyl (C=O) groups excluding carboxylic acids is 1. The van der Waals surface area contributed by atoms with Gasteiger partial charge in [-0.3, -0.25) is 4.79 Å². The summed E-state index contributed by atoms with van der Waals surface area (Å²) >= 11 is 6.22. The van der Waals surface area contributed by atoms with Gasteiger partial charge in [-0.2, -0.15) is 4.31 Å². The quantitative estimate of drug-likeness (QED) is 0.671. The van der Waals surface area contributed by atoms with E-state index in [1.165, 1.54) is 22.5 Å². The van der Waals surface area contributed by atoms with Gasteiger partial charge in [-0.1, -0.05) is 25.4 Å². The third-order valence-corrected chi connectivity index (χ3v) is 8.06. The molecule has 4 rings (SSSR count). The number of nitrogens with one attached hydrogen (secondary N) is 1. The molecular weight excluding hydrogens is 440 g/mol. The van der Waals surface area contributed by atoms with Crippen molar-refractivity contribution in [2.75, 3.05) is 18.4 Å². The smallest absolute Gasteiger partial charge is 0.257 e. The lowest BCUT2D eigenvalue weighted by Crippen LogP contribution is -2.34. The second-order valence-electron chi connectivity index (χ2n) is 7.67. The fourth-order valence-electron chi connectivity index (χ4n) is 4.04. The summed E-state index contributed by atoms with van der Waals surface area (Å²) in [6.07, 6.45) is 3.80. The number of hydrogen-bond donors (Lipinski definition) is 1. The van der Waals surface area contributed by atoms with Gasteiger partial charge < -0.3 is 14.8 Å². The first-order chi connectivity index (χ1) is 14.8. The summed E-state index contributed by atoms with van der Waals surface area (Å²) < 4.78 is 39.0. The Morgan fingerprint density at radius 1 is 1.06 bits per heavy atom. The van der Waals surface area contributed by atoms with Crippen molar-refractivity contribution >= 4 is 33.2 Å². The van der Waals surface area contributed by atoms with Crippen LogP contribution in [0.1, 0.15) is 49.9 Å². The molecule has 2 aromatic carbocycles. The predicted molar refractivity (Wildman–Crippen MR) is 118 cm³/mol. The van der Waals surface area contributed by atoms with E-state index >= 15 is 0 Å². The molecule has 0 atom stereocenters. The molecule has 7 nitrogen and oxygen atoms in total. The average Bonchev–Trinajstić information content (AvgIpc) is 3.34. The number of halogens is 1. The van der Waals surface area contributed by atoms with Gasteiger partial charge in [-0.25, -0.2) is 8.42 Å². The molecule has 9 heteroatoms. The number of anilines is 1. The molecule has 1 N–H and O–H groups in total. The van der Waals surface area contributed by atoms with Crippen LogP contribution >= 0.6 is 11.6 Å². The Morgan fingerprint density at radius 2 is 1.74 bits per heavy atom. The van der Waals surface area contributed by atoms with Crippen LogP contribution in [0.5, 0.6) is 11.5 Å². The maximum Gasteiger partial charge on any atom is 0.257 e. The van der Waals surface area contributed by atoms with Gasteiger partial charge in [0.2, 0.25) is 10.0 Å². The van der Waals surface area contributed by atoms with Crippen molar-refractivity contribution in [1.29, 1.82) is 0 Å². The Hall–Kier alpha value is -2.29. The number of sulfonamides is 1. The molecular formula is C22H25ClN2O5S. The highest BCUT2D eigenvalue weighted by Gasteiger charge is 2.44. The summed E-state index contributed by atoms with van der Waals surface area (Å²) in [6.45, 7) is 4.20. The zero-order chi connectivity index (χ0) is 22.2. The Balaban J connectivity index is 1.56. The number of nitrogens with zero attached hydrogens (tertiary/aromatic N) is 1. The minimum Gasteiger partial charge on any atom is -0.448 e. The number of fused-ring (bicyclic) bond motifs is 1. The molecule has 1 spiro atoms. The Labute approximate surface area is 187 Å².